The van der Waals surface area contributed by atoms with Gasteiger partial charge in [-0.05, 0) is 38.1 Å². The molecule has 3 atom stereocenters. The first-order chi connectivity index (χ1) is 12.3. The second kappa shape index (κ2) is 5.88. The summed E-state index contributed by atoms with van der Waals surface area (Å²) in [6.07, 6.45) is 0.601. The monoisotopic (exact) mass is 358 g/mol. The number of carbonyl (C=O) groups is 1. The molecule has 4 rings (SSSR count). The Balaban J connectivity index is 1.62. The van der Waals surface area contributed by atoms with Crippen molar-refractivity contribution in [1.82, 2.24) is 0 Å². The number of rotatable bonds is 3. The van der Waals surface area contributed by atoms with Gasteiger partial charge in [0.15, 0.2) is 17.4 Å². The van der Waals surface area contributed by atoms with Gasteiger partial charge >= 0.3 is 11.6 Å². The number of cyclic esters (lactones) is 1. The fourth-order valence-electron chi connectivity index (χ4n) is 3.21. The zero-order chi connectivity index (χ0) is 18.5. The van der Waals surface area contributed by atoms with Gasteiger partial charge < -0.3 is 23.7 Å². The number of aliphatic hydroxyl groups is 1. The third-order valence-corrected chi connectivity index (χ3v) is 4.68. The van der Waals surface area contributed by atoms with Crippen LogP contribution in [0.1, 0.15) is 20.3 Å². The van der Waals surface area contributed by atoms with E-state index in [-0.39, 0.29) is 30.3 Å². The van der Waals surface area contributed by atoms with Crippen LogP contribution in [0.5, 0.6) is 11.5 Å². The first-order valence-electron chi connectivity index (χ1n) is 8.31. The van der Waals surface area contributed by atoms with Crippen LogP contribution in [0.15, 0.2) is 45.1 Å². The normalized spacial score (nSPS) is 24.1. The molecule has 2 aromatic rings. The average molecular weight is 358 g/mol. The lowest BCUT2D eigenvalue weighted by Crippen LogP contribution is -2.50. The molecule has 2 aliphatic heterocycles. The van der Waals surface area contributed by atoms with Crippen LogP contribution in [0.3, 0.4) is 0 Å². The third kappa shape index (κ3) is 2.84. The number of hydrogen-bond acceptors (Lipinski definition) is 7. The summed E-state index contributed by atoms with van der Waals surface area (Å²) in [6, 6.07) is 6.46. The van der Waals surface area contributed by atoms with Gasteiger partial charge in [-0.3, -0.25) is 0 Å². The Morgan fingerprint density at radius 3 is 2.69 bits per heavy atom. The summed E-state index contributed by atoms with van der Waals surface area (Å²) >= 11 is 0. The number of esters is 1. The van der Waals surface area contributed by atoms with Gasteiger partial charge in [-0.15, -0.1) is 0 Å². The van der Waals surface area contributed by atoms with Gasteiger partial charge in [-0.1, -0.05) is 0 Å². The van der Waals surface area contributed by atoms with E-state index in [4.69, 9.17) is 18.6 Å². The molecule has 0 aliphatic carbocycles. The zero-order valence-corrected chi connectivity index (χ0v) is 14.4. The number of fused-ring (bicyclic) bond motifs is 3. The lowest BCUT2D eigenvalue weighted by molar-refractivity contribution is -0.144. The van der Waals surface area contributed by atoms with Gasteiger partial charge in [0.25, 0.3) is 0 Å². The molecule has 0 unspecified atom stereocenters. The van der Waals surface area contributed by atoms with Crippen molar-refractivity contribution < 1.29 is 28.5 Å². The fourth-order valence-corrected chi connectivity index (χ4v) is 3.21. The van der Waals surface area contributed by atoms with E-state index in [2.05, 4.69) is 0 Å². The molecule has 0 bridgehead atoms. The molecule has 26 heavy (non-hydrogen) atoms. The molecule has 0 radical (unpaired) electrons. The maximum Gasteiger partial charge on any atom is 0.336 e. The van der Waals surface area contributed by atoms with Crippen LogP contribution in [0.25, 0.3) is 11.0 Å². The van der Waals surface area contributed by atoms with Crippen molar-refractivity contribution in [3.8, 4) is 11.5 Å². The van der Waals surface area contributed by atoms with Crippen LogP contribution in [0.4, 0.5) is 0 Å². The third-order valence-electron chi connectivity index (χ3n) is 4.68. The molecular weight excluding hydrogens is 340 g/mol. The maximum absolute atomic E-state index is 11.6. The number of carbonyl (C=O) groups excluding carboxylic acids is 1. The van der Waals surface area contributed by atoms with Crippen LogP contribution >= 0.6 is 0 Å². The zero-order valence-electron chi connectivity index (χ0n) is 14.4. The molecule has 136 valence electrons. The Kier molecular flexibility index (Phi) is 3.77. The highest BCUT2D eigenvalue weighted by molar-refractivity contribution is 5.90. The minimum Gasteiger partial charge on any atom is -0.486 e. The topological polar surface area (TPSA) is 95.2 Å². The summed E-state index contributed by atoms with van der Waals surface area (Å²) in [4.78, 5) is 23.1. The second-order valence-electron chi connectivity index (χ2n) is 6.84. The summed E-state index contributed by atoms with van der Waals surface area (Å²) in [5, 5.41) is 11.6. The summed E-state index contributed by atoms with van der Waals surface area (Å²) in [5.74, 6) is 0.346. The largest absolute Gasteiger partial charge is 0.486 e. The first kappa shape index (κ1) is 16.7. The van der Waals surface area contributed by atoms with Crippen molar-refractivity contribution in [2.75, 3.05) is 6.61 Å². The lowest BCUT2D eigenvalue weighted by atomic mass is 9.91. The molecule has 7 heteroatoms. The van der Waals surface area contributed by atoms with Crippen molar-refractivity contribution in [2.24, 2.45) is 0 Å². The average Bonchev–Trinajstić information content (AvgIpc) is 2.91. The standard InChI is InChI=1S/C19H18O7/c1-10-7-12(24-18(10)21)8-19(2,22)14-9-23-13-5-3-11-4-6-15(20)26-16(11)17(13)25-14/h3-7,12,14,22H,8-9H2,1-2H3/t12-,14-,19-/m1/s1. The molecule has 0 fully saturated rings. The van der Waals surface area contributed by atoms with Gasteiger partial charge in [0.2, 0.25) is 5.75 Å². The summed E-state index contributed by atoms with van der Waals surface area (Å²) < 4.78 is 22.1. The quantitative estimate of drug-likeness (QED) is 0.662. The highest BCUT2D eigenvalue weighted by Crippen LogP contribution is 2.40. The predicted molar refractivity (Wildman–Crippen MR) is 91.3 cm³/mol. The van der Waals surface area contributed by atoms with Crippen LogP contribution in [-0.4, -0.2) is 35.5 Å². The Morgan fingerprint density at radius 2 is 1.96 bits per heavy atom. The molecule has 3 heterocycles. The van der Waals surface area contributed by atoms with Crippen molar-refractivity contribution in [3.05, 3.63) is 46.3 Å². The van der Waals surface area contributed by atoms with E-state index in [0.717, 1.165) is 0 Å². The van der Waals surface area contributed by atoms with Crippen molar-refractivity contribution in [3.63, 3.8) is 0 Å². The maximum atomic E-state index is 11.6. The second-order valence-corrected chi connectivity index (χ2v) is 6.84. The molecule has 1 N–H and O–H groups in total. The fraction of sp³-hybridized carbons (Fsp3) is 0.368. The highest BCUT2D eigenvalue weighted by Gasteiger charge is 2.41. The van der Waals surface area contributed by atoms with E-state index >= 15 is 0 Å². The van der Waals surface area contributed by atoms with Gasteiger partial charge in [0.1, 0.15) is 18.3 Å². The van der Waals surface area contributed by atoms with Crippen molar-refractivity contribution in [1.29, 1.82) is 0 Å². The Labute approximate surface area is 148 Å². The molecule has 1 aromatic carbocycles. The molecule has 0 saturated carbocycles. The first-order valence-corrected chi connectivity index (χ1v) is 8.31. The van der Waals surface area contributed by atoms with E-state index in [0.29, 0.717) is 16.7 Å². The smallest absolute Gasteiger partial charge is 0.336 e. The molecule has 2 aliphatic rings. The summed E-state index contributed by atoms with van der Waals surface area (Å²) in [7, 11) is 0. The van der Waals surface area contributed by atoms with Gasteiger partial charge in [0, 0.05) is 23.4 Å². The molecule has 0 amide bonds. The minimum absolute atomic E-state index is 0.117. The van der Waals surface area contributed by atoms with Gasteiger partial charge in [-0.2, -0.15) is 0 Å². The van der Waals surface area contributed by atoms with Crippen molar-refractivity contribution >= 4 is 16.9 Å². The van der Waals surface area contributed by atoms with Crippen molar-refractivity contribution in [2.45, 2.75) is 38.1 Å². The van der Waals surface area contributed by atoms with Gasteiger partial charge in [-0.25, -0.2) is 9.59 Å². The van der Waals surface area contributed by atoms with E-state index in [1.54, 1.807) is 38.1 Å². The molecular formula is C19H18O7. The summed E-state index contributed by atoms with van der Waals surface area (Å²) in [5.41, 5.74) is -1.04. The van der Waals surface area contributed by atoms with Crippen LogP contribution < -0.4 is 15.1 Å². The van der Waals surface area contributed by atoms with E-state index in [1.165, 1.54) is 6.07 Å². The lowest BCUT2D eigenvalue weighted by Gasteiger charge is -2.37. The number of ether oxygens (including phenoxy) is 3. The number of benzene rings is 1. The molecule has 7 nitrogen and oxygen atoms in total. The van der Waals surface area contributed by atoms with E-state index in [9.17, 15) is 14.7 Å². The van der Waals surface area contributed by atoms with Crippen LogP contribution in [-0.2, 0) is 9.53 Å². The molecule has 1 aromatic heterocycles. The molecule has 0 spiro atoms. The Bertz CT molecular complexity index is 970. The van der Waals surface area contributed by atoms with Crippen LogP contribution in [0, 0.1) is 0 Å². The van der Waals surface area contributed by atoms with Gasteiger partial charge in [0.05, 0.1) is 0 Å². The van der Waals surface area contributed by atoms with Crippen LogP contribution in [0.2, 0.25) is 0 Å². The predicted octanol–water partition coefficient (Wildman–Crippen LogP) is 1.95. The SMILES string of the molecule is CC1=C[C@H](C[C@@](C)(O)[C@H]2COc3ccc4ccc(=O)oc4c3O2)OC1=O. The molecule has 0 saturated heterocycles. The summed E-state index contributed by atoms with van der Waals surface area (Å²) in [6.45, 7) is 3.39. The van der Waals surface area contributed by atoms with E-state index < -0.39 is 23.4 Å². The van der Waals surface area contributed by atoms with E-state index in [1.807, 2.05) is 0 Å². The Morgan fingerprint density at radius 1 is 1.19 bits per heavy atom. The highest BCUT2D eigenvalue weighted by atomic mass is 16.6. The Hall–Kier alpha value is -2.80. The minimum atomic E-state index is -1.33. The number of hydrogen-bond donors (Lipinski definition) is 1.